The zero-order chi connectivity index (χ0) is 30.6. The maximum absolute atomic E-state index is 12.3. The number of nitrogens with zero attached hydrogens (tertiary/aromatic N) is 2. The highest BCUT2D eigenvalue weighted by molar-refractivity contribution is 5.83. The second kappa shape index (κ2) is 17.0. The standard InChI is InChI=1S/C40H60N2/c1-9-14-19-24-38-37(23-18-13-5)40(42(41)39(38)34-25-29(6)31(8)30(7)26-34)35-27-32(20-15-10-2)36(22-17-12-4)33(28-35)21-16-11-3/h25-28H,9-24H2,1-8H3. The number of hydrogen-bond acceptors (Lipinski definition) is 0. The van der Waals surface area contributed by atoms with E-state index in [1.165, 1.54) is 102 Å². The summed E-state index contributed by atoms with van der Waals surface area (Å²) in [6.07, 6.45) is 18.7. The maximum atomic E-state index is 12.3. The lowest BCUT2D eigenvalue weighted by Crippen LogP contribution is -2.08. The van der Waals surface area contributed by atoms with Crippen LogP contribution in [0.1, 0.15) is 163 Å². The van der Waals surface area contributed by atoms with Gasteiger partial charge < -0.3 is 5.53 Å². The molecular weight excluding hydrogens is 508 g/mol. The molecule has 42 heavy (non-hydrogen) atoms. The Bertz CT molecular complexity index is 1220. The van der Waals surface area contributed by atoms with E-state index in [0.29, 0.717) is 0 Å². The van der Waals surface area contributed by atoms with Gasteiger partial charge in [-0.1, -0.05) is 73.1 Å². The van der Waals surface area contributed by atoms with Crippen LogP contribution in [0.4, 0.5) is 0 Å². The Morgan fingerprint density at radius 2 is 0.905 bits per heavy atom. The van der Waals surface area contributed by atoms with Crippen molar-refractivity contribution in [1.82, 2.24) is 0 Å². The van der Waals surface area contributed by atoms with Crippen molar-refractivity contribution in [1.29, 1.82) is 0 Å². The molecule has 0 N–H and O–H groups in total. The second-order valence-electron chi connectivity index (χ2n) is 12.8. The molecule has 230 valence electrons. The Kier molecular flexibility index (Phi) is 13.7. The van der Waals surface area contributed by atoms with Crippen LogP contribution in [0.3, 0.4) is 0 Å². The lowest BCUT2D eigenvalue weighted by Gasteiger charge is -2.19. The van der Waals surface area contributed by atoms with Crippen LogP contribution >= 0.6 is 0 Å². The van der Waals surface area contributed by atoms with Crippen LogP contribution in [0, 0.1) is 20.8 Å². The Balaban J connectivity index is 2.29. The minimum Gasteiger partial charge on any atom is -0.493 e. The van der Waals surface area contributed by atoms with E-state index < -0.39 is 0 Å². The molecule has 1 aliphatic rings. The third kappa shape index (κ3) is 8.12. The molecule has 0 fully saturated rings. The van der Waals surface area contributed by atoms with Crippen molar-refractivity contribution in [3.63, 3.8) is 0 Å². The molecule has 2 nitrogen and oxygen atoms in total. The van der Waals surface area contributed by atoms with E-state index >= 15 is 0 Å². The van der Waals surface area contributed by atoms with E-state index in [2.05, 4.69) is 79.7 Å². The molecule has 0 unspecified atom stereocenters. The summed E-state index contributed by atoms with van der Waals surface area (Å²) in [7, 11) is 0. The van der Waals surface area contributed by atoms with Crippen molar-refractivity contribution < 1.29 is 4.70 Å². The molecule has 0 saturated heterocycles. The summed E-state index contributed by atoms with van der Waals surface area (Å²) in [5, 5.41) is 0. The van der Waals surface area contributed by atoms with Crippen LogP contribution in [-0.4, -0.2) is 4.70 Å². The maximum Gasteiger partial charge on any atom is 0.211 e. The van der Waals surface area contributed by atoms with Gasteiger partial charge in [0, 0.05) is 22.3 Å². The molecule has 2 aromatic rings. The number of benzene rings is 2. The van der Waals surface area contributed by atoms with E-state index in [-0.39, 0.29) is 0 Å². The number of rotatable bonds is 18. The first kappa shape index (κ1) is 34.0. The Morgan fingerprint density at radius 1 is 0.500 bits per heavy atom. The fourth-order valence-electron chi connectivity index (χ4n) is 6.65. The van der Waals surface area contributed by atoms with E-state index in [9.17, 15) is 5.53 Å². The van der Waals surface area contributed by atoms with Gasteiger partial charge >= 0.3 is 0 Å². The summed E-state index contributed by atoms with van der Waals surface area (Å²) in [6.45, 7) is 18.1. The molecule has 0 radical (unpaired) electrons. The van der Waals surface area contributed by atoms with Crippen molar-refractivity contribution in [2.75, 3.05) is 0 Å². The molecule has 3 rings (SSSR count). The lowest BCUT2D eigenvalue weighted by molar-refractivity contribution is -0.345. The van der Waals surface area contributed by atoms with Crippen molar-refractivity contribution in [3.05, 3.63) is 85.5 Å². The van der Waals surface area contributed by atoms with Crippen LogP contribution < -0.4 is 0 Å². The smallest absolute Gasteiger partial charge is 0.211 e. The summed E-state index contributed by atoms with van der Waals surface area (Å²) in [5.74, 6) is 0. The first-order valence-corrected chi connectivity index (χ1v) is 17.5. The second-order valence-corrected chi connectivity index (χ2v) is 12.8. The fraction of sp³-hybridized carbons (Fsp3) is 0.600. The molecule has 0 amide bonds. The van der Waals surface area contributed by atoms with Gasteiger partial charge in [-0.2, -0.15) is 0 Å². The molecule has 2 aromatic carbocycles. The highest BCUT2D eigenvalue weighted by Gasteiger charge is 2.36. The number of aryl methyl sites for hydroxylation is 4. The monoisotopic (exact) mass is 568 g/mol. The van der Waals surface area contributed by atoms with Gasteiger partial charge in [0.25, 0.3) is 0 Å². The quantitative estimate of drug-likeness (QED) is 0.126. The normalized spacial score (nSPS) is 13.7. The molecule has 0 aromatic heterocycles. The van der Waals surface area contributed by atoms with E-state index in [1.807, 2.05) is 0 Å². The van der Waals surface area contributed by atoms with Gasteiger partial charge in [0.2, 0.25) is 11.4 Å². The topological polar surface area (TPSA) is 25.3 Å². The molecule has 0 aliphatic carbocycles. The molecule has 0 saturated carbocycles. The molecule has 0 spiro atoms. The van der Waals surface area contributed by atoms with Gasteiger partial charge in [0.15, 0.2) is 0 Å². The number of unbranched alkanes of at least 4 members (excludes halogenated alkanes) is 6. The van der Waals surface area contributed by atoms with Crippen LogP contribution in [0.15, 0.2) is 35.4 Å². The highest BCUT2D eigenvalue weighted by atomic mass is 15.2. The molecule has 2 heteroatoms. The molecule has 1 aliphatic heterocycles. The predicted octanol–water partition coefficient (Wildman–Crippen LogP) is 12.6. The van der Waals surface area contributed by atoms with E-state index in [0.717, 1.165) is 61.9 Å². The van der Waals surface area contributed by atoms with Gasteiger partial charge in [-0.15, -0.1) is 0 Å². The van der Waals surface area contributed by atoms with Crippen molar-refractivity contribution in [2.24, 2.45) is 0 Å². The summed E-state index contributed by atoms with van der Waals surface area (Å²) in [5.41, 5.74) is 28.1. The van der Waals surface area contributed by atoms with Crippen LogP contribution in [0.5, 0.6) is 0 Å². The molecule has 0 bridgehead atoms. The van der Waals surface area contributed by atoms with Gasteiger partial charge in [-0.3, -0.25) is 0 Å². The third-order valence-corrected chi connectivity index (χ3v) is 9.46. The van der Waals surface area contributed by atoms with Crippen LogP contribution in [-0.2, 0) is 19.3 Å². The van der Waals surface area contributed by atoms with Gasteiger partial charge in [-0.25, -0.2) is 4.70 Å². The largest absolute Gasteiger partial charge is 0.493 e. The number of hydrogen-bond donors (Lipinski definition) is 0. The summed E-state index contributed by atoms with van der Waals surface area (Å²) in [6, 6.07) is 9.54. The van der Waals surface area contributed by atoms with Gasteiger partial charge in [0.1, 0.15) is 0 Å². The van der Waals surface area contributed by atoms with Crippen molar-refractivity contribution in [2.45, 2.75) is 158 Å². The highest BCUT2D eigenvalue weighted by Crippen LogP contribution is 2.45. The Morgan fingerprint density at radius 3 is 1.38 bits per heavy atom. The Labute approximate surface area is 259 Å². The summed E-state index contributed by atoms with van der Waals surface area (Å²) in [4.78, 5) is 0. The minimum absolute atomic E-state index is 1.02. The molecule has 1 heterocycles. The molecular formula is C40H60N2. The first-order valence-electron chi connectivity index (χ1n) is 17.5. The van der Waals surface area contributed by atoms with Crippen molar-refractivity contribution in [3.8, 4) is 0 Å². The SMILES string of the molecule is CCCCCC1=C(c2cc(C)c(C)c(C)c2)[N+](=[N-])C(c2cc(CCCC)c(CCCC)c(CCCC)c2)=C1CCCC. The zero-order valence-corrected chi connectivity index (χ0v) is 28.5. The summed E-state index contributed by atoms with van der Waals surface area (Å²) < 4.78 is 1.62. The number of allylic oxidation sites excluding steroid dienone is 2. The van der Waals surface area contributed by atoms with Gasteiger partial charge in [0.05, 0.1) is 0 Å². The zero-order valence-electron chi connectivity index (χ0n) is 28.5. The lowest BCUT2D eigenvalue weighted by atomic mass is 9.86. The third-order valence-electron chi connectivity index (χ3n) is 9.46. The average Bonchev–Trinajstić information content (AvgIpc) is 3.25. The van der Waals surface area contributed by atoms with Crippen molar-refractivity contribution >= 4 is 11.4 Å². The van der Waals surface area contributed by atoms with E-state index in [4.69, 9.17) is 0 Å². The van der Waals surface area contributed by atoms with Gasteiger partial charge in [-0.05, 0) is 143 Å². The van der Waals surface area contributed by atoms with Crippen LogP contribution in [0.2, 0.25) is 0 Å². The van der Waals surface area contributed by atoms with E-state index in [1.54, 1.807) is 10.3 Å². The fourth-order valence-corrected chi connectivity index (χ4v) is 6.65. The Hall–Kier alpha value is -2.48. The predicted molar refractivity (Wildman–Crippen MR) is 184 cm³/mol. The average molecular weight is 569 g/mol. The first-order chi connectivity index (χ1) is 20.3. The summed E-state index contributed by atoms with van der Waals surface area (Å²) >= 11 is 0. The van der Waals surface area contributed by atoms with Crippen LogP contribution in [0.25, 0.3) is 16.9 Å². The molecule has 0 atom stereocenters. The minimum atomic E-state index is 1.02.